The minimum absolute atomic E-state index is 0.0857. The number of carbonyl (C=O) groups excluding carboxylic acids is 3. The Balaban J connectivity index is 1.58. The standard InChI is InChI=1S/C17H27N3O3/c1-18-9-5-6-12(18)10-19(2)15(21)11-20-16(22)13-7-3-4-8-14(13)17(20)23/h12-14H,3-11H2,1-2H3. The lowest BCUT2D eigenvalue weighted by atomic mass is 9.81. The maximum atomic E-state index is 12.5. The molecule has 3 amide bonds. The molecule has 128 valence electrons. The van der Waals surface area contributed by atoms with E-state index in [1.54, 1.807) is 11.9 Å². The summed E-state index contributed by atoms with van der Waals surface area (Å²) >= 11 is 0. The van der Waals surface area contributed by atoms with E-state index >= 15 is 0 Å². The van der Waals surface area contributed by atoms with Crippen molar-refractivity contribution in [2.24, 2.45) is 11.8 Å². The van der Waals surface area contributed by atoms with Gasteiger partial charge in [-0.2, -0.15) is 0 Å². The topological polar surface area (TPSA) is 60.9 Å². The van der Waals surface area contributed by atoms with Crippen molar-refractivity contribution >= 4 is 17.7 Å². The zero-order valence-electron chi connectivity index (χ0n) is 14.2. The maximum Gasteiger partial charge on any atom is 0.242 e. The average Bonchev–Trinajstić information content (AvgIpc) is 3.05. The van der Waals surface area contributed by atoms with Crippen LogP contribution in [0.15, 0.2) is 0 Å². The van der Waals surface area contributed by atoms with Crippen LogP contribution in [0.3, 0.4) is 0 Å². The van der Waals surface area contributed by atoms with Gasteiger partial charge in [-0.25, -0.2) is 0 Å². The zero-order valence-corrected chi connectivity index (χ0v) is 14.2. The van der Waals surface area contributed by atoms with Crippen molar-refractivity contribution in [2.45, 2.75) is 44.6 Å². The quantitative estimate of drug-likeness (QED) is 0.716. The molecule has 2 aliphatic heterocycles. The molecule has 0 aromatic heterocycles. The van der Waals surface area contributed by atoms with E-state index in [9.17, 15) is 14.4 Å². The third-order valence-corrected chi connectivity index (χ3v) is 5.81. The predicted molar refractivity (Wildman–Crippen MR) is 85.5 cm³/mol. The molecule has 1 saturated carbocycles. The maximum absolute atomic E-state index is 12.5. The second-order valence-electron chi connectivity index (χ2n) is 7.31. The lowest BCUT2D eigenvalue weighted by Crippen LogP contribution is -2.45. The van der Waals surface area contributed by atoms with Crippen LogP contribution in [0.2, 0.25) is 0 Å². The number of carbonyl (C=O) groups is 3. The molecular formula is C17H27N3O3. The molecule has 2 saturated heterocycles. The molecule has 0 radical (unpaired) electrons. The van der Waals surface area contributed by atoms with Gasteiger partial charge in [0.2, 0.25) is 17.7 Å². The van der Waals surface area contributed by atoms with Gasteiger partial charge in [0.1, 0.15) is 6.54 Å². The van der Waals surface area contributed by atoms with Gasteiger partial charge in [0, 0.05) is 19.6 Å². The molecule has 2 heterocycles. The largest absolute Gasteiger partial charge is 0.343 e. The van der Waals surface area contributed by atoms with Crippen LogP contribution < -0.4 is 0 Å². The fourth-order valence-electron chi connectivity index (χ4n) is 4.27. The Kier molecular flexibility index (Phi) is 4.71. The van der Waals surface area contributed by atoms with Crippen LogP contribution in [-0.2, 0) is 14.4 Å². The summed E-state index contributed by atoms with van der Waals surface area (Å²) in [4.78, 5) is 42.5. The monoisotopic (exact) mass is 321 g/mol. The highest BCUT2D eigenvalue weighted by Gasteiger charge is 2.48. The molecule has 23 heavy (non-hydrogen) atoms. The molecular weight excluding hydrogens is 294 g/mol. The molecule has 3 atom stereocenters. The minimum atomic E-state index is -0.171. The Morgan fingerprint density at radius 2 is 1.70 bits per heavy atom. The molecule has 3 aliphatic rings. The van der Waals surface area contributed by atoms with Crippen LogP contribution in [-0.4, -0.2) is 72.2 Å². The first-order valence-electron chi connectivity index (χ1n) is 8.78. The lowest BCUT2D eigenvalue weighted by Gasteiger charge is -2.27. The van der Waals surface area contributed by atoms with Crippen LogP contribution in [0, 0.1) is 11.8 Å². The fraction of sp³-hybridized carbons (Fsp3) is 0.824. The van der Waals surface area contributed by atoms with Gasteiger partial charge >= 0.3 is 0 Å². The van der Waals surface area contributed by atoms with Gasteiger partial charge in [-0.05, 0) is 39.3 Å². The summed E-state index contributed by atoms with van der Waals surface area (Å²) in [5.41, 5.74) is 0. The van der Waals surface area contributed by atoms with Gasteiger partial charge in [0.05, 0.1) is 11.8 Å². The average molecular weight is 321 g/mol. The van der Waals surface area contributed by atoms with Gasteiger partial charge in [-0.3, -0.25) is 19.3 Å². The smallest absolute Gasteiger partial charge is 0.242 e. The highest BCUT2D eigenvalue weighted by molar-refractivity contribution is 6.07. The van der Waals surface area contributed by atoms with E-state index in [0.29, 0.717) is 12.6 Å². The summed E-state index contributed by atoms with van der Waals surface area (Å²) in [5, 5.41) is 0. The van der Waals surface area contributed by atoms with Crippen molar-refractivity contribution in [3.63, 3.8) is 0 Å². The van der Waals surface area contributed by atoms with Crippen molar-refractivity contribution in [3.05, 3.63) is 0 Å². The number of rotatable bonds is 4. The van der Waals surface area contributed by atoms with Crippen molar-refractivity contribution in [1.29, 1.82) is 0 Å². The first kappa shape index (κ1) is 16.4. The SMILES string of the molecule is CN(CC1CCCN1C)C(=O)CN1C(=O)C2CCCCC2C1=O. The van der Waals surface area contributed by atoms with Crippen LogP contribution in [0.25, 0.3) is 0 Å². The summed E-state index contributed by atoms with van der Waals surface area (Å²) in [6.45, 7) is 1.65. The van der Waals surface area contributed by atoms with Crippen LogP contribution in [0.1, 0.15) is 38.5 Å². The van der Waals surface area contributed by atoms with Gasteiger partial charge in [0.15, 0.2) is 0 Å². The third kappa shape index (κ3) is 3.13. The molecule has 3 fully saturated rings. The number of likely N-dealkylation sites (tertiary alicyclic amines) is 2. The normalized spacial score (nSPS) is 31.6. The summed E-state index contributed by atoms with van der Waals surface area (Å²) in [7, 11) is 3.85. The zero-order chi connectivity index (χ0) is 16.6. The summed E-state index contributed by atoms with van der Waals surface area (Å²) in [5.74, 6) is -0.727. The van der Waals surface area contributed by atoms with E-state index in [0.717, 1.165) is 45.1 Å². The van der Waals surface area contributed by atoms with Crippen LogP contribution in [0.4, 0.5) is 0 Å². The van der Waals surface area contributed by atoms with E-state index < -0.39 is 0 Å². The lowest BCUT2D eigenvalue weighted by molar-refractivity contribution is -0.146. The van der Waals surface area contributed by atoms with Gasteiger partial charge in [-0.15, -0.1) is 0 Å². The van der Waals surface area contributed by atoms with E-state index in [2.05, 4.69) is 11.9 Å². The molecule has 0 spiro atoms. The van der Waals surface area contributed by atoms with Crippen LogP contribution >= 0.6 is 0 Å². The summed E-state index contributed by atoms with van der Waals surface area (Å²) in [6.07, 6.45) is 5.87. The van der Waals surface area contributed by atoms with E-state index in [-0.39, 0.29) is 36.1 Å². The molecule has 0 bridgehead atoms. The highest BCUT2D eigenvalue weighted by Crippen LogP contribution is 2.37. The van der Waals surface area contributed by atoms with Crippen LogP contribution in [0.5, 0.6) is 0 Å². The van der Waals surface area contributed by atoms with Gasteiger partial charge in [-0.1, -0.05) is 12.8 Å². The number of fused-ring (bicyclic) bond motifs is 1. The molecule has 1 aliphatic carbocycles. The number of imide groups is 1. The number of hydrogen-bond acceptors (Lipinski definition) is 4. The molecule has 3 rings (SSSR count). The molecule has 0 N–H and O–H groups in total. The van der Waals surface area contributed by atoms with Gasteiger partial charge in [0.25, 0.3) is 0 Å². The summed E-state index contributed by atoms with van der Waals surface area (Å²) < 4.78 is 0. The molecule has 0 aromatic rings. The first-order chi connectivity index (χ1) is 11.0. The van der Waals surface area contributed by atoms with E-state index in [4.69, 9.17) is 0 Å². The van der Waals surface area contributed by atoms with Gasteiger partial charge < -0.3 is 9.80 Å². The molecule has 0 aromatic carbocycles. The Morgan fingerprint density at radius 3 is 2.22 bits per heavy atom. The minimum Gasteiger partial charge on any atom is -0.343 e. The highest BCUT2D eigenvalue weighted by atomic mass is 16.2. The van der Waals surface area contributed by atoms with Crippen molar-refractivity contribution < 1.29 is 14.4 Å². The fourth-order valence-corrected chi connectivity index (χ4v) is 4.27. The molecule has 3 unspecified atom stereocenters. The summed E-state index contributed by atoms with van der Waals surface area (Å²) in [6, 6.07) is 0.386. The Morgan fingerprint density at radius 1 is 1.09 bits per heavy atom. The van der Waals surface area contributed by atoms with E-state index in [1.165, 1.54) is 4.90 Å². The Hall–Kier alpha value is -1.43. The van der Waals surface area contributed by atoms with Crippen molar-refractivity contribution in [2.75, 3.05) is 33.7 Å². The molecule has 6 heteroatoms. The number of nitrogens with zero attached hydrogens (tertiary/aromatic N) is 3. The second kappa shape index (κ2) is 6.59. The van der Waals surface area contributed by atoms with E-state index in [1.807, 2.05) is 0 Å². The number of hydrogen-bond donors (Lipinski definition) is 0. The number of amides is 3. The van der Waals surface area contributed by atoms with Crippen molar-refractivity contribution in [1.82, 2.24) is 14.7 Å². The Bertz CT molecular complexity index is 483. The first-order valence-corrected chi connectivity index (χ1v) is 8.78. The second-order valence-corrected chi connectivity index (χ2v) is 7.31. The number of likely N-dealkylation sites (N-methyl/N-ethyl adjacent to an activating group) is 2. The predicted octanol–water partition coefficient (Wildman–Crippen LogP) is 0.714. The van der Waals surface area contributed by atoms with Crippen molar-refractivity contribution in [3.8, 4) is 0 Å². The molecule has 6 nitrogen and oxygen atoms in total. The third-order valence-electron chi connectivity index (χ3n) is 5.81. The Labute approximate surface area is 137 Å².